The van der Waals surface area contributed by atoms with E-state index in [2.05, 4.69) is 10.6 Å². The van der Waals surface area contributed by atoms with Gasteiger partial charge < -0.3 is 25.2 Å². The first-order chi connectivity index (χ1) is 12.1. The summed E-state index contributed by atoms with van der Waals surface area (Å²) in [5.41, 5.74) is 2.55. The Balaban J connectivity index is 2.22. The van der Waals surface area contributed by atoms with Crippen molar-refractivity contribution >= 4 is 17.3 Å². The first kappa shape index (κ1) is 18.8. The third-order valence-electron chi connectivity index (χ3n) is 3.85. The largest absolute Gasteiger partial charge is 0.465 e. The van der Waals surface area contributed by atoms with E-state index in [-0.39, 0.29) is 6.17 Å². The van der Waals surface area contributed by atoms with Crippen LogP contribution in [0.15, 0.2) is 48.5 Å². The maximum atomic E-state index is 11.9. The Kier molecular flexibility index (Phi) is 6.80. The van der Waals surface area contributed by atoms with Gasteiger partial charge in [-0.2, -0.15) is 0 Å². The van der Waals surface area contributed by atoms with Gasteiger partial charge in [-0.25, -0.2) is 4.79 Å². The molecule has 3 N–H and O–H groups in total. The molecule has 134 valence electrons. The summed E-state index contributed by atoms with van der Waals surface area (Å²) < 4.78 is 9.84. The van der Waals surface area contributed by atoms with Crippen LogP contribution in [-0.4, -0.2) is 31.5 Å². The third-order valence-corrected chi connectivity index (χ3v) is 3.85. The van der Waals surface area contributed by atoms with Crippen molar-refractivity contribution in [3.05, 3.63) is 59.7 Å². The number of aliphatic hydroxyl groups is 1. The van der Waals surface area contributed by atoms with E-state index < -0.39 is 12.3 Å². The second kappa shape index (κ2) is 9.05. The molecule has 0 saturated carbocycles. The number of hydrogen-bond donors (Lipinski definition) is 3. The fraction of sp³-hybridized carbons (Fsp3) is 0.316. The van der Waals surface area contributed by atoms with Crippen molar-refractivity contribution < 1.29 is 19.4 Å². The average Bonchev–Trinajstić information content (AvgIpc) is 2.67. The quantitative estimate of drug-likeness (QED) is 0.503. The van der Waals surface area contributed by atoms with E-state index in [4.69, 9.17) is 9.47 Å². The van der Waals surface area contributed by atoms with Crippen LogP contribution in [0.4, 0.5) is 11.4 Å². The molecule has 0 aliphatic rings. The highest BCUT2D eigenvalue weighted by molar-refractivity contribution is 5.95. The number of aliphatic hydroxyl groups excluding tert-OH is 1. The summed E-state index contributed by atoms with van der Waals surface area (Å²) in [5, 5.41) is 16.6. The monoisotopic (exact) mass is 344 g/mol. The van der Waals surface area contributed by atoms with Crippen LogP contribution >= 0.6 is 0 Å². The predicted octanol–water partition coefficient (Wildman–Crippen LogP) is 3.37. The molecule has 2 atom stereocenters. The number of para-hydroxylation sites is 2. The van der Waals surface area contributed by atoms with Gasteiger partial charge in [0.25, 0.3) is 0 Å². The Morgan fingerprint density at radius 1 is 1.04 bits per heavy atom. The van der Waals surface area contributed by atoms with Gasteiger partial charge in [0.05, 0.1) is 24.5 Å². The first-order valence-electron chi connectivity index (χ1n) is 8.10. The Bertz CT molecular complexity index is 705. The SMILES string of the molecule is CCC(Nc1ccccc1C(=O)OC)Nc1ccccc1C(O)OC. The zero-order valence-corrected chi connectivity index (χ0v) is 14.7. The summed E-state index contributed by atoms with van der Waals surface area (Å²) in [4.78, 5) is 11.9. The van der Waals surface area contributed by atoms with Crippen molar-refractivity contribution in [2.75, 3.05) is 24.9 Å². The van der Waals surface area contributed by atoms with Gasteiger partial charge in [-0.15, -0.1) is 0 Å². The van der Waals surface area contributed by atoms with Gasteiger partial charge in [0.15, 0.2) is 6.29 Å². The van der Waals surface area contributed by atoms with Crippen molar-refractivity contribution in [3.8, 4) is 0 Å². The number of nitrogens with one attached hydrogen (secondary N) is 2. The smallest absolute Gasteiger partial charge is 0.339 e. The van der Waals surface area contributed by atoms with Crippen molar-refractivity contribution in [1.82, 2.24) is 0 Å². The summed E-state index contributed by atoms with van der Waals surface area (Å²) in [6.07, 6.45) is -0.424. The molecular formula is C19H24N2O4. The van der Waals surface area contributed by atoms with Crippen LogP contribution in [0.5, 0.6) is 0 Å². The number of ether oxygens (including phenoxy) is 2. The summed E-state index contributed by atoms with van der Waals surface area (Å²) in [5.74, 6) is -0.395. The highest BCUT2D eigenvalue weighted by Gasteiger charge is 2.16. The molecule has 0 saturated heterocycles. The molecule has 0 bridgehead atoms. The second-order valence-electron chi connectivity index (χ2n) is 5.46. The van der Waals surface area contributed by atoms with Crippen molar-refractivity contribution in [2.24, 2.45) is 0 Å². The Morgan fingerprint density at radius 3 is 2.28 bits per heavy atom. The number of benzene rings is 2. The van der Waals surface area contributed by atoms with Crippen molar-refractivity contribution in [3.63, 3.8) is 0 Å². The number of carbonyl (C=O) groups is 1. The molecule has 2 unspecified atom stereocenters. The molecule has 2 aromatic carbocycles. The topological polar surface area (TPSA) is 79.8 Å². The summed E-state index contributed by atoms with van der Waals surface area (Å²) in [6.45, 7) is 2.01. The molecule has 0 aromatic heterocycles. The van der Waals surface area contributed by atoms with Crippen LogP contribution in [0.25, 0.3) is 0 Å². The first-order valence-corrected chi connectivity index (χ1v) is 8.10. The molecular weight excluding hydrogens is 320 g/mol. The number of rotatable bonds is 8. The van der Waals surface area contributed by atoms with Crippen LogP contribution in [0.2, 0.25) is 0 Å². The van der Waals surface area contributed by atoms with Crippen LogP contribution in [0, 0.1) is 0 Å². The summed E-state index contributed by atoms with van der Waals surface area (Å²) in [7, 11) is 2.81. The maximum Gasteiger partial charge on any atom is 0.339 e. The third kappa shape index (κ3) is 4.71. The van der Waals surface area contributed by atoms with Gasteiger partial charge in [-0.1, -0.05) is 37.3 Å². The van der Waals surface area contributed by atoms with E-state index in [1.54, 1.807) is 18.2 Å². The van der Waals surface area contributed by atoms with E-state index >= 15 is 0 Å². The van der Waals surface area contributed by atoms with Crippen molar-refractivity contribution in [1.29, 1.82) is 0 Å². The Labute approximate surface area is 147 Å². The molecule has 6 nitrogen and oxygen atoms in total. The highest BCUT2D eigenvalue weighted by Crippen LogP contribution is 2.25. The minimum Gasteiger partial charge on any atom is -0.465 e. The zero-order chi connectivity index (χ0) is 18.2. The molecule has 6 heteroatoms. The predicted molar refractivity (Wildman–Crippen MR) is 97.5 cm³/mol. The van der Waals surface area contributed by atoms with E-state index in [0.717, 1.165) is 12.1 Å². The lowest BCUT2D eigenvalue weighted by atomic mass is 10.1. The van der Waals surface area contributed by atoms with Crippen LogP contribution < -0.4 is 10.6 Å². The molecule has 0 aliphatic carbocycles. The average molecular weight is 344 g/mol. The summed E-state index contributed by atoms with van der Waals surface area (Å²) in [6, 6.07) is 14.6. The molecule has 25 heavy (non-hydrogen) atoms. The number of esters is 1. The number of hydrogen-bond acceptors (Lipinski definition) is 6. The van der Waals surface area contributed by atoms with Gasteiger partial charge in [0, 0.05) is 18.4 Å². The van der Waals surface area contributed by atoms with Gasteiger partial charge in [0.1, 0.15) is 0 Å². The molecule has 2 rings (SSSR count). The van der Waals surface area contributed by atoms with E-state index in [1.165, 1.54) is 14.2 Å². The van der Waals surface area contributed by atoms with Crippen LogP contribution in [0.3, 0.4) is 0 Å². The van der Waals surface area contributed by atoms with E-state index in [9.17, 15) is 9.90 Å². The number of carbonyl (C=O) groups excluding carboxylic acids is 1. The van der Waals surface area contributed by atoms with Crippen molar-refractivity contribution in [2.45, 2.75) is 25.8 Å². The van der Waals surface area contributed by atoms with Gasteiger partial charge in [-0.3, -0.25) is 0 Å². The fourth-order valence-corrected chi connectivity index (χ4v) is 2.48. The number of methoxy groups -OCH3 is 2. The lowest BCUT2D eigenvalue weighted by molar-refractivity contribution is -0.0764. The van der Waals surface area contributed by atoms with E-state index in [1.807, 2.05) is 37.3 Å². The normalized spacial score (nSPS) is 13.0. The maximum absolute atomic E-state index is 11.9. The lowest BCUT2D eigenvalue weighted by Crippen LogP contribution is -2.29. The molecule has 0 amide bonds. The summed E-state index contributed by atoms with van der Waals surface area (Å²) >= 11 is 0. The van der Waals surface area contributed by atoms with E-state index in [0.29, 0.717) is 16.8 Å². The number of anilines is 2. The van der Waals surface area contributed by atoms with Gasteiger partial charge >= 0.3 is 5.97 Å². The van der Waals surface area contributed by atoms with Gasteiger partial charge in [0.2, 0.25) is 0 Å². The minimum atomic E-state index is -1.01. The highest BCUT2D eigenvalue weighted by atomic mass is 16.6. The molecule has 0 spiro atoms. The second-order valence-corrected chi connectivity index (χ2v) is 5.46. The molecule has 2 aromatic rings. The molecule has 0 radical (unpaired) electrons. The van der Waals surface area contributed by atoms with Gasteiger partial charge in [-0.05, 0) is 24.6 Å². The zero-order valence-electron chi connectivity index (χ0n) is 14.7. The lowest BCUT2D eigenvalue weighted by Gasteiger charge is -2.24. The standard InChI is InChI=1S/C19H24N2O4/c1-4-17(20-15-11-7-5-9-13(15)18(22)24-2)21-16-12-8-6-10-14(16)19(23)25-3/h5-12,17-18,20-22H,4H2,1-3H3. The molecule has 0 aliphatic heterocycles. The molecule has 0 heterocycles. The van der Waals surface area contributed by atoms with Crippen LogP contribution in [-0.2, 0) is 9.47 Å². The fourth-order valence-electron chi connectivity index (χ4n) is 2.48. The minimum absolute atomic E-state index is 0.156. The Morgan fingerprint density at radius 2 is 1.64 bits per heavy atom. The van der Waals surface area contributed by atoms with Crippen LogP contribution in [0.1, 0.15) is 35.6 Å². The molecule has 0 fully saturated rings. The Hall–Kier alpha value is -2.57.